The summed E-state index contributed by atoms with van der Waals surface area (Å²) in [7, 11) is 0. The molecule has 0 bridgehead atoms. The number of nitrogens with zero attached hydrogens (tertiary/aromatic N) is 1. The molecule has 0 saturated heterocycles. The first-order valence-corrected chi connectivity index (χ1v) is 7.85. The summed E-state index contributed by atoms with van der Waals surface area (Å²) < 4.78 is 6.65. The number of ether oxygens (including phenoxy) is 1. The van der Waals surface area contributed by atoms with Gasteiger partial charge in [-0.05, 0) is 38.0 Å². The fourth-order valence-electron chi connectivity index (χ4n) is 2.23. The van der Waals surface area contributed by atoms with Crippen LogP contribution in [-0.2, 0) is 11.3 Å². The van der Waals surface area contributed by atoms with Crippen molar-refractivity contribution in [2.24, 2.45) is 5.73 Å². The summed E-state index contributed by atoms with van der Waals surface area (Å²) in [6.07, 6.45) is 2.59. The highest BCUT2D eigenvalue weighted by Crippen LogP contribution is 2.32. The Morgan fingerprint density at radius 2 is 2.25 bits per heavy atom. The molecule has 0 aromatic heterocycles. The van der Waals surface area contributed by atoms with E-state index in [1.165, 1.54) is 0 Å². The van der Waals surface area contributed by atoms with Gasteiger partial charge in [0.25, 0.3) is 0 Å². The van der Waals surface area contributed by atoms with E-state index >= 15 is 0 Å². The fourth-order valence-corrected chi connectivity index (χ4v) is 2.63. The van der Waals surface area contributed by atoms with Crippen LogP contribution in [0.2, 0.25) is 0 Å². The van der Waals surface area contributed by atoms with Crippen LogP contribution in [0.5, 0.6) is 5.75 Å². The summed E-state index contributed by atoms with van der Waals surface area (Å²) in [5.74, 6) is 0.985. The minimum atomic E-state index is 0.137. The first kappa shape index (κ1) is 15.3. The minimum absolute atomic E-state index is 0.137. The summed E-state index contributed by atoms with van der Waals surface area (Å²) in [5.41, 5.74) is 6.54. The Hall–Kier alpha value is -1.07. The first-order chi connectivity index (χ1) is 9.65. The summed E-state index contributed by atoms with van der Waals surface area (Å²) in [5, 5.41) is 0. The lowest BCUT2D eigenvalue weighted by Crippen LogP contribution is -2.33. The van der Waals surface area contributed by atoms with Gasteiger partial charge in [-0.2, -0.15) is 0 Å². The number of hydrogen-bond acceptors (Lipinski definition) is 3. The maximum Gasteiger partial charge on any atom is 0.224 e. The van der Waals surface area contributed by atoms with Crippen LogP contribution in [0.3, 0.4) is 0 Å². The molecule has 5 heteroatoms. The fraction of sp³-hybridized carbons (Fsp3) is 0.533. The lowest BCUT2D eigenvalue weighted by atomic mass is 10.1. The van der Waals surface area contributed by atoms with Gasteiger partial charge in [-0.1, -0.05) is 15.9 Å². The normalized spacial score (nSPS) is 14.2. The quantitative estimate of drug-likeness (QED) is 0.830. The maximum absolute atomic E-state index is 12.2. The van der Waals surface area contributed by atoms with Gasteiger partial charge in [0.15, 0.2) is 0 Å². The molecule has 110 valence electrons. The van der Waals surface area contributed by atoms with Crippen molar-refractivity contribution in [1.29, 1.82) is 0 Å². The third-order valence-corrected chi connectivity index (χ3v) is 3.82. The molecule has 20 heavy (non-hydrogen) atoms. The Balaban J connectivity index is 2.17. The van der Waals surface area contributed by atoms with Gasteiger partial charge in [0.1, 0.15) is 5.75 Å². The molecule has 0 spiro atoms. The number of rotatable bonds is 7. The Bertz CT molecular complexity index is 475. The Morgan fingerprint density at radius 1 is 1.50 bits per heavy atom. The molecule has 1 aliphatic carbocycles. The van der Waals surface area contributed by atoms with Crippen LogP contribution < -0.4 is 10.5 Å². The highest BCUT2D eigenvalue weighted by atomic mass is 79.9. The zero-order valence-corrected chi connectivity index (χ0v) is 13.4. The molecule has 0 unspecified atom stereocenters. The van der Waals surface area contributed by atoms with Gasteiger partial charge in [0.2, 0.25) is 5.91 Å². The van der Waals surface area contributed by atoms with Gasteiger partial charge >= 0.3 is 0 Å². The highest BCUT2D eigenvalue weighted by molar-refractivity contribution is 9.10. The third kappa shape index (κ3) is 3.96. The molecule has 0 atom stereocenters. The van der Waals surface area contributed by atoms with E-state index in [0.29, 0.717) is 32.2 Å². The third-order valence-electron chi connectivity index (χ3n) is 3.33. The lowest BCUT2D eigenvalue weighted by Gasteiger charge is -2.24. The molecule has 1 aromatic carbocycles. The zero-order valence-electron chi connectivity index (χ0n) is 11.8. The molecular formula is C15H21BrN2O2. The van der Waals surface area contributed by atoms with Crippen molar-refractivity contribution >= 4 is 21.8 Å². The standard InChI is InChI=1S/C15H21BrN2O2/c1-2-20-14-6-3-12(16)9-11(14)10-18(13-4-5-13)15(19)7-8-17/h3,6,9,13H,2,4-5,7-8,10,17H2,1H3. The number of nitrogens with two attached hydrogens (primary N) is 1. The molecule has 0 radical (unpaired) electrons. The van der Waals surface area contributed by atoms with Gasteiger partial charge in [-0.15, -0.1) is 0 Å². The maximum atomic E-state index is 12.2. The summed E-state index contributed by atoms with van der Waals surface area (Å²) >= 11 is 3.48. The second-order valence-electron chi connectivity index (χ2n) is 4.98. The van der Waals surface area contributed by atoms with E-state index in [0.717, 1.165) is 28.6 Å². The Morgan fingerprint density at radius 3 is 2.85 bits per heavy atom. The van der Waals surface area contributed by atoms with Gasteiger partial charge in [-0.3, -0.25) is 4.79 Å². The largest absolute Gasteiger partial charge is 0.494 e. The lowest BCUT2D eigenvalue weighted by molar-refractivity contribution is -0.132. The number of amides is 1. The predicted octanol–water partition coefficient (Wildman–Crippen LogP) is 2.69. The second-order valence-corrected chi connectivity index (χ2v) is 5.89. The van der Waals surface area contributed by atoms with Gasteiger partial charge in [0, 0.05) is 35.6 Å². The molecule has 1 aromatic rings. The number of halogens is 1. The average molecular weight is 341 g/mol. The van der Waals surface area contributed by atoms with E-state index in [9.17, 15) is 4.79 Å². The van der Waals surface area contributed by atoms with Crippen molar-refractivity contribution in [3.63, 3.8) is 0 Å². The monoisotopic (exact) mass is 340 g/mol. The van der Waals surface area contributed by atoms with Gasteiger partial charge in [-0.25, -0.2) is 0 Å². The topological polar surface area (TPSA) is 55.6 Å². The van der Waals surface area contributed by atoms with Crippen molar-refractivity contribution < 1.29 is 9.53 Å². The number of benzene rings is 1. The van der Waals surface area contributed by atoms with Crippen molar-refractivity contribution in [2.75, 3.05) is 13.2 Å². The van der Waals surface area contributed by atoms with E-state index < -0.39 is 0 Å². The molecule has 4 nitrogen and oxygen atoms in total. The number of carbonyl (C=O) groups excluding carboxylic acids is 1. The van der Waals surface area contributed by atoms with Crippen LogP contribution in [0.15, 0.2) is 22.7 Å². The van der Waals surface area contributed by atoms with E-state index in [-0.39, 0.29) is 5.91 Å². The van der Waals surface area contributed by atoms with E-state index in [1.54, 1.807) is 0 Å². The van der Waals surface area contributed by atoms with Crippen molar-refractivity contribution in [3.05, 3.63) is 28.2 Å². The number of hydrogen-bond donors (Lipinski definition) is 1. The summed E-state index contributed by atoms with van der Waals surface area (Å²) in [4.78, 5) is 14.1. The Kier molecular flexibility index (Phi) is 5.43. The molecule has 1 saturated carbocycles. The molecule has 0 aliphatic heterocycles. The van der Waals surface area contributed by atoms with Crippen LogP contribution >= 0.6 is 15.9 Å². The van der Waals surface area contributed by atoms with Gasteiger partial charge < -0.3 is 15.4 Å². The van der Waals surface area contributed by atoms with E-state index in [4.69, 9.17) is 10.5 Å². The van der Waals surface area contributed by atoms with Crippen LogP contribution in [0.25, 0.3) is 0 Å². The Labute approximate surface area is 128 Å². The molecule has 2 rings (SSSR count). The van der Waals surface area contributed by atoms with Crippen molar-refractivity contribution in [1.82, 2.24) is 4.90 Å². The van der Waals surface area contributed by atoms with E-state index in [1.807, 2.05) is 30.0 Å². The highest BCUT2D eigenvalue weighted by Gasteiger charge is 2.32. The van der Waals surface area contributed by atoms with E-state index in [2.05, 4.69) is 15.9 Å². The smallest absolute Gasteiger partial charge is 0.224 e. The van der Waals surface area contributed by atoms with Gasteiger partial charge in [0.05, 0.1) is 6.61 Å². The predicted molar refractivity (Wildman–Crippen MR) is 82.6 cm³/mol. The average Bonchev–Trinajstić information content (AvgIpc) is 3.23. The molecule has 1 amide bonds. The zero-order chi connectivity index (χ0) is 14.5. The SMILES string of the molecule is CCOc1ccc(Br)cc1CN(C(=O)CCN)C1CC1. The first-order valence-electron chi connectivity index (χ1n) is 7.06. The molecule has 1 fully saturated rings. The van der Waals surface area contributed by atoms with Crippen LogP contribution in [-0.4, -0.2) is 30.0 Å². The molecule has 2 N–H and O–H groups in total. The van der Waals surface area contributed by atoms with Crippen molar-refractivity contribution in [3.8, 4) is 5.75 Å². The molecule has 1 aliphatic rings. The molecule has 0 heterocycles. The van der Waals surface area contributed by atoms with Crippen LogP contribution in [0, 0.1) is 0 Å². The second kappa shape index (κ2) is 7.09. The summed E-state index contributed by atoms with van der Waals surface area (Å²) in [6, 6.07) is 6.30. The van der Waals surface area contributed by atoms with Crippen LogP contribution in [0.4, 0.5) is 0 Å². The van der Waals surface area contributed by atoms with Crippen LogP contribution in [0.1, 0.15) is 31.7 Å². The number of carbonyl (C=O) groups is 1. The minimum Gasteiger partial charge on any atom is -0.494 e. The summed E-state index contributed by atoms with van der Waals surface area (Å²) in [6.45, 7) is 3.58. The van der Waals surface area contributed by atoms with Crippen molar-refractivity contribution in [2.45, 2.75) is 38.8 Å². The molecular weight excluding hydrogens is 320 g/mol.